The summed E-state index contributed by atoms with van der Waals surface area (Å²) in [5.41, 5.74) is 1.67. The van der Waals surface area contributed by atoms with Crippen molar-refractivity contribution in [2.45, 2.75) is 6.92 Å². The monoisotopic (exact) mass is 432 g/mol. The van der Waals surface area contributed by atoms with Gasteiger partial charge in [-0.25, -0.2) is 9.29 Å². The first kappa shape index (κ1) is 21.1. The number of anilines is 2. The first-order valence-electron chi connectivity index (χ1n) is 10.1. The van der Waals surface area contributed by atoms with Crippen LogP contribution >= 0.6 is 0 Å². The second kappa shape index (κ2) is 8.93. The second-order valence-electron chi connectivity index (χ2n) is 6.95. The van der Waals surface area contributed by atoms with Gasteiger partial charge in [-0.15, -0.1) is 0 Å². The lowest BCUT2D eigenvalue weighted by Gasteiger charge is -2.16. The maximum absolute atomic E-state index is 13.4. The van der Waals surface area contributed by atoms with E-state index in [2.05, 4.69) is 5.32 Å². The van der Waals surface area contributed by atoms with E-state index in [4.69, 9.17) is 9.47 Å². The van der Waals surface area contributed by atoms with E-state index in [0.717, 1.165) is 4.90 Å². The summed E-state index contributed by atoms with van der Waals surface area (Å²) in [4.78, 5) is 27.8. The Morgan fingerprint density at radius 1 is 0.906 bits per heavy atom. The molecule has 0 fully saturated rings. The molecular formula is C25H21FN2O4. The normalized spacial score (nSPS) is 13.5. The van der Waals surface area contributed by atoms with Crippen molar-refractivity contribution in [3.05, 3.63) is 89.9 Å². The van der Waals surface area contributed by atoms with Gasteiger partial charge in [-0.3, -0.25) is 9.59 Å². The number of carbonyl (C=O) groups excluding carboxylic acids is 2. The van der Waals surface area contributed by atoms with E-state index in [1.165, 1.54) is 31.4 Å². The first-order chi connectivity index (χ1) is 15.5. The summed E-state index contributed by atoms with van der Waals surface area (Å²) < 4.78 is 24.3. The Kier molecular flexibility index (Phi) is 5.89. The average molecular weight is 432 g/mol. The average Bonchev–Trinajstić information content (AvgIpc) is 3.05. The van der Waals surface area contributed by atoms with Crippen molar-refractivity contribution in [1.82, 2.24) is 0 Å². The molecule has 0 aromatic heterocycles. The van der Waals surface area contributed by atoms with Crippen molar-refractivity contribution in [2.24, 2.45) is 0 Å². The molecule has 1 aliphatic rings. The van der Waals surface area contributed by atoms with Crippen LogP contribution in [0.25, 0.3) is 5.57 Å². The van der Waals surface area contributed by atoms with Crippen LogP contribution in [0.4, 0.5) is 15.8 Å². The van der Waals surface area contributed by atoms with E-state index >= 15 is 0 Å². The highest BCUT2D eigenvalue weighted by Gasteiger charge is 2.40. The fraction of sp³-hybridized carbons (Fsp3) is 0.120. The summed E-state index contributed by atoms with van der Waals surface area (Å²) in [5, 5.41) is 3.08. The molecule has 4 rings (SSSR count). The number of ether oxygens (including phenoxy) is 2. The molecule has 1 aliphatic heterocycles. The maximum Gasteiger partial charge on any atom is 0.282 e. The second-order valence-corrected chi connectivity index (χ2v) is 6.95. The molecule has 0 saturated heterocycles. The molecule has 0 bridgehead atoms. The number of hydrogen-bond acceptors (Lipinski definition) is 5. The lowest BCUT2D eigenvalue weighted by molar-refractivity contribution is -0.120. The SMILES string of the molecule is CCOc1ccc(C2=C(Nc3ccccc3OC)C(=O)N(c3ccc(F)cc3)C2=O)cc1. The van der Waals surface area contributed by atoms with Gasteiger partial charge in [0.05, 0.1) is 30.7 Å². The van der Waals surface area contributed by atoms with Crippen LogP contribution in [0.1, 0.15) is 12.5 Å². The number of imide groups is 1. The van der Waals surface area contributed by atoms with Gasteiger partial charge < -0.3 is 14.8 Å². The Morgan fingerprint density at radius 3 is 2.25 bits per heavy atom. The number of nitrogens with one attached hydrogen (secondary N) is 1. The Balaban J connectivity index is 1.80. The zero-order chi connectivity index (χ0) is 22.7. The Hall–Kier alpha value is -4.13. The molecule has 162 valence electrons. The largest absolute Gasteiger partial charge is 0.495 e. The Morgan fingerprint density at radius 2 is 1.59 bits per heavy atom. The van der Waals surface area contributed by atoms with Gasteiger partial charge in [-0.1, -0.05) is 24.3 Å². The predicted octanol–water partition coefficient (Wildman–Crippen LogP) is 4.63. The summed E-state index contributed by atoms with van der Waals surface area (Å²) in [5.74, 6) is -0.339. The number of halogens is 1. The van der Waals surface area contributed by atoms with Crippen molar-refractivity contribution < 1.29 is 23.5 Å². The number of amides is 2. The molecule has 6 nitrogen and oxygen atoms in total. The van der Waals surface area contributed by atoms with Crippen LogP contribution in [-0.2, 0) is 9.59 Å². The highest BCUT2D eigenvalue weighted by atomic mass is 19.1. The lowest BCUT2D eigenvalue weighted by atomic mass is 10.0. The molecule has 1 N–H and O–H groups in total. The molecule has 32 heavy (non-hydrogen) atoms. The van der Waals surface area contributed by atoms with Crippen molar-refractivity contribution >= 4 is 28.8 Å². The molecule has 0 spiro atoms. The van der Waals surface area contributed by atoms with Crippen molar-refractivity contribution in [2.75, 3.05) is 23.9 Å². The van der Waals surface area contributed by atoms with Gasteiger partial charge in [-0.2, -0.15) is 0 Å². The number of rotatable bonds is 7. The molecule has 2 amide bonds. The standard InChI is InChI=1S/C25H21FN2O4/c1-3-32-19-14-8-16(9-15-19)22-23(27-20-6-4-5-7-21(20)31-2)25(30)28(24(22)29)18-12-10-17(26)11-13-18/h4-15,27H,3H2,1-2H3. The summed E-state index contributed by atoms with van der Waals surface area (Å²) in [6, 6.07) is 19.2. The molecule has 0 radical (unpaired) electrons. The Bertz CT molecular complexity index is 1190. The van der Waals surface area contributed by atoms with E-state index in [1.54, 1.807) is 48.5 Å². The van der Waals surface area contributed by atoms with Crippen LogP contribution in [0, 0.1) is 5.82 Å². The number of hydrogen-bond donors (Lipinski definition) is 1. The minimum Gasteiger partial charge on any atom is -0.495 e. The van der Waals surface area contributed by atoms with Crippen LogP contribution in [0.3, 0.4) is 0 Å². The van der Waals surface area contributed by atoms with Gasteiger partial charge in [0.1, 0.15) is 23.0 Å². The molecular weight excluding hydrogens is 411 g/mol. The van der Waals surface area contributed by atoms with Crippen LogP contribution in [0.15, 0.2) is 78.5 Å². The van der Waals surface area contributed by atoms with E-state index < -0.39 is 17.6 Å². The van der Waals surface area contributed by atoms with Gasteiger partial charge in [0.15, 0.2) is 0 Å². The van der Waals surface area contributed by atoms with Crippen LogP contribution < -0.4 is 19.7 Å². The van der Waals surface area contributed by atoms with Gasteiger partial charge in [0, 0.05) is 0 Å². The summed E-state index contributed by atoms with van der Waals surface area (Å²) in [7, 11) is 1.52. The number of para-hydroxylation sites is 2. The third-order valence-corrected chi connectivity index (χ3v) is 4.99. The molecule has 0 aliphatic carbocycles. The molecule has 1 heterocycles. The third kappa shape index (κ3) is 3.92. The zero-order valence-electron chi connectivity index (χ0n) is 17.6. The summed E-state index contributed by atoms with van der Waals surface area (Å²) in [6.07, 6.45) is 0. The third-order valence-electron chi connectivity index (χ3n) is 4.99. The molecule has 3 aromatic rings. The smallest absolute Gasteiger partial charge is 0.282 e. The molecule has 7 heteroatoms. The van der Waals surface area contributed by atoms with Crippen molar-refractivity contribution in [3.63, 3.8) is 0 Å². The summed E-state index contributed by atoms with van der Waals surface area (Å²) >= 11 is 0. The molecule has 3 aromatic carbocycles. The quantitative estimate of drug-likeness (QED) is 0.552. The minimum absolute atomic E-state index is 0.105. The summed E-state index contributed by atoms with van der Waals surface area (Å²) in [6.45, 7) is 2.39. The van der Waals surface area contributed by atoms with Crippen molar-refractivity contribution in [1.29, 1.82) is 0 Å². The highest BCUT2D eigenvalue weighted by molar-refractivity contribution is 6.46. The van der Waals surface area contributed by atoms with Gasteiger partial charge >= 0.3 is 0 Å². The van der Waals surface area contributed by atoms with E-state index in [9.17, 15) is 14.0 Å². The lowest BCUT2D eigenvalue weighted by Crippen LogP contribution is -2.32. The fourth-order valence-corrected chi connectivity index (χ4v) is 3.51. The minimum atomic E-state index is -0.545. The highest BCUT2D eigenvalue weighted by Crippen LogP contribution is 2.36. The zero-order valence-corrected chi connectivity index (χ0v) is 17.6. The number of nitrogens with zero attached hydrogens (tertiary/aromatic N) is 1. The van der Waals surface area contributed by atoms with Crippen LogP contribution in [0.2, 0.25) is 0 Å². The maximum atomic E-state index is 13.4. The number of carbonyl (C=O) groups is 2. The van der Waals surface area contributed by atoms with Crippen LogP contribution in [0.5, 0.6) is 11.5 Å². The topological polar surface area (TPSA) is 67.9 Å². The van der Waals surface area contributed by atoms with E-state index in [0.29, 0.717) is 29.4 Å². The first-order valence-corrected chi connectivity index (χ1v) is 10.1. The van der Waals surface area contributed by atoms with Gasteiger partial charge in [0.25, 0.3) is 11.8 Å². The van der Waals surface area contributed by atoms with E-state index in [-0.39, 0.29) is 17.0 Å². The molecule has 0 unspecified atom stereocenters. The number of benzene rings is 3. The Labute approximate surface area is 184 Å². The predicted molar refractivity (Wildman–Crippen MR) is 120 cm³/mol. The van der Waals surface area contributed by atoms with Gasteiger partial charge in [-0.05, 0) is 61.0 Å². The van der Waals surface area contributed by atoms with Gasteiger partial charge in [0.2, 0.25) is 0 Å². The fourth-order valence-electron chi connectivity index (χ4n) is 3.51. The van der Waals surface area contributed by atoms with E-state index in [1.807, 2.05) is 6.92 Å². The molecule has 0 saturated carbocycles. The number of methoxy groups -OCH3 is 1. The van der Waals surface area contributed by atoms with Crippen LogP contribution in [-0.4, -0.2) is 25.5 Å². The van der Waals surface area contributed by atoms with Crippen molar-refractivity contribution in [3.8, 4) is 11.5 Å². The molecule has 0 atom stereocenters.